The normalized spacial score (nSPS) is 11.6. The molecule has 0 aliphatic carbocycles. The van der Waals surface area contributed by atoms with Crippen LogP contribution in [0.3, 0.4) is 0 Å². The third-order valence-corrected chi connectivity index (χ3v) is 3.32. The molecule has 2 heteroatoms. The second-order valence-corrected chi connectivity index (χ2v) is 8.30. The third kappa shape index (κ3) is 8.87. The van der Waals surface area contributed by atoms with Gasteiger partial charge in [0.05, 0.1) is 5.56 Å². The summed E-state index contributed by atoms with van der Waals surface area (Å²) >= 11 is 0. The molecule has 0 unspecified atom stereocenters. The first kappa shape index (κ1) is 20.4. The van der Waals surface area contributed by atoms with Crippen LogP contribution in [0.2, 0.25) is 0 Å². The Morgan fingerprint density at radius 2 is 1.62 bits per heavy atom. The fourth-order valence-electron chi connectivity index (χ4n) is 2.23. The van der Waals surface area contributed by atoms with Crippen LogP contribution in [-0.2, 0) is 11.2 Å². The quantitative estimate of drug-likeness (QED) is 0.463. The number of benzene rings is 1. The highest BCUT2D eigenvalue weighted by atomic mass is 16.5. The molecule has 0 aliphatic rings. The highest BCUT2D eigenvalue weighted by Crippen LogP contribution is 2.25. The minimum atomic E-state index is -0.267. The molecular weight excluding hydrogens is 296 g/mol. The fourth-order valence-corrected chi connectivity index (χ4v) is 2.23. The second kappa shape index (κ2) is 9.02. The van der Waals surface area contributed by atoms with Gasteiger partial charge >= 0.3 is 0 Å². The predicted octanol–water partition coefficient (Wildman–Crippen LogP) is 6.11. The molecule has 0 radical (unpaired) electrons. The van der Waals surface area contributed by atoms with E-state index < -0.39 is 0 Å². The molecule has 1 aromatic rings. The van der Waals surface area contributed by atoms with E-state index in [0.29, 0.717) is 0 Å². The van der Waals surface area contributed by atoms with Gasteiger partial charge in [-0.05, 0) is 78.0 Å². The Bertz CT molecular complexity index is 562. The summed E-state index contributed by atoms with van der Waals surface area (Å²) in [4.78, 5) is 0. The van der Waals surface area contributed by atoms with E-state index in [2.05, 4.69) is 57.9 Å². The molecule has 0 atom stereocenters. The number of aryl methyl sites for hydroxylation is 1. The van der Waals surface area contributed by atoms with E-state index in [0.717, 1.165) is 17.7 Å². The Morgan fingerprint density at radius 1 is 0.917 bits per heavy atom. The summed E-state index contributed by atoms with van der Waals surface area (Å²) in [5.41, 5.74) is 1.68. The van der Waals surface area contributed by atoms with Crippen LogP contribution in [0.1, 0.15) is 85.3 Å². The predicted molar refractivity (Wildman–Crippen MR) is 102 cm³/mol. The molecule has 0 heterocycles. The van der Waals surface area contributed by atoms with Gasteiger partial charge in [0.25, 0.3) is 0 Å². The van der Waals surface area contributed by atoms with Crippen LogP contribution in [0, 0.1) is 12.0 Å². The van der Waals surface area contributed by atoms with E-state index in [1.54, 1.807) is 0 Å². The lowest BCUT2D eigenvalue weighted by Crippen LogP contribution is -2.23. The average Bonchev–Trinajstić information content (AvgIpc) is 2.43. The van der Waals surface area contributed by atoms with E-state index in [1.165, 1.54) is 31.2 Å². The van der Waals surface area contributed by atoms with Crippen molar-refractivity contribution in [1.82, 2.24) is 0 Å². The molecule has 0 saturated heterocycles. The summed E-state index contributed by atoms with van der Waals surface area (Å²) in [6.07, 6.45) is 8.98. The van der Waals surface area contributed by atoms with E-state index >= 15 is 0 Å². The molecule has 0 spiro atoms. The zero-order valence-electron chi connectivity index (χ0n) is 16.6. The van der Waals surface area contributed by atoms with Gasteiger partial charge in [0.1, 0.15) is 23.1 Å². The SMILES string of the molecule is CCCCCCc1ccc(C#COC(C)(C)C)c(OC(C)(C)C)c1. The molecule has 0 N–H and O–H groups in total. The van der Waals surface area contributed by atoms with Crippen molar-refractivity contribution in [3.63, 3.8) is 0 Å². The Kier molecular flexibility index (Phi) is 7.67. The van der Waals surface area contributed by atoms with E-state index in [1.807, 2.05) is 20.8 Å². The smallest absolute Gasteiger partial charge is 0.136 e. The van der Waals surface area contributed by atoms with Crippen LogP contribution in [0.15, 0.2) is 18.2 Å². The van der Waals surface area contributed by atoms with Gasteiger partial charge in [-0.3, -0.25) is 0 Å². The van der Waals surface area contributed by atoms with E-state index in [4.69, 9.17) is 9.47 Å². The van der Waals surface area contributed by atoms with Crippen molar-refractivity contribution in [3.05, 3.63) is 29.3 Å². The lowest BCUT2D eigenvalue weighted by atomic mass is 10.0. The van der Waals surface area contributed by atoms with Crippen molar-refractivity contribution in [2.45, 2.75) is 91.8 Å². The minimum absolute atomic E-state index is 0.248. The maximum atomic E-state index is 6.13. The summed E-state index contributed by atoms with van der Waals surface area (Å²) in [5, 5.41) is 0. The number of hydrogen-bond acceptors (Lipinski definition) is 2. The van der Waals surface area contributed by atoms with Crippen molar-refractivity contribution in [3.8, 4) is 17.8 Å². The highest BCUT2D eigenvalue weighted by molar-refractivity contribution is 5.48. The molecule has 0 amide bonds. The van der Waals surface area contributed by atoms with Gasteiger partial charge < -0.3 is 9.47 Å². The largest absolute Gasteiger partial charge is 0.487 e. The monoisotopic (exact) mass is 330 g/mol. The molecular formula is C22H34O2. The summed E-state index contributed by atoms with van der Waals surface area (Å²) in [6.45, 7) is 14.4. The van der Waals surface area contributed by atoms with Gasteiger partial charge in [-0.1, -0.05) is 32.3 Å². The number of rotatable bonds is 6. The van der Waals surface area contributed by atoms with Gasteiger partial charge in [0, 0.05) is 0 Å². The van der Waals surface area contributed by atoms with Crippen LogP contribution in [0.5, 0.6) is 5.75 Å². The summed E-state index contributed by atoms with van der Waals surface area (Å²) in [7, 11) is 0. The van der Waals surface area contributed by atoms with E-state index in [9.17, 15) is 0 Å². The molecule has 24 heavy (non-hydrogen) atoms. The molecule has 0 saturated carbocycles. The standard InChI is InChI=1S/C22H34O2/c1-8-9-10-11-12-18-13-14-19(15-16-23-21(2,3)4)20(17-18)24-22(5,6)7/h13-14,17H,8-12H2,1-7H3. The average molecular weight is 331 g/mol. The zero-order valence-corrected chi connectivity index (χ0v) is 16.6. The Hall–Kier alpha value is -1.62. The Balaban J connectivity index is 2.92. The molecule has 0 bridgehead atoms. The molecule has 0 aliphatic heterocycles. The van der Waals surface area contributed by atoms with Crippen LogP contribution in [0.25, 0.3) is 0 Å². The van der Waals surface area contributed by atoms with Crippen molar-refractivity contribution in [2.24, 2.45) is 0 Å². The van der Waals surface area contributed by atoms with Crippen LogP contribution in [0.4, 0.5) is 0 Å². The van der Waals surface area contributed by atoms with Gasteiger partial charge in [-0.25, -0.2) is 0 Å². The minimum Gasteiger partial charge on any atom is -0.487 e. The first-order chi connectivity index (χ1) is 11.1. The molecule has 0 aromatic heterocycles. The van der Waals surface area contributed by atoms with Gasteiger partial charge in [-0.2, -0.15) is 0 Å². The van der Waals surface area contributed by atoms with Crippen molar-refractivity contribution in [1.29, 1.82) is 0 Å². The molecule has 1 rings (SSSR count). The van der Waals surface area contributed by atoms with Gasteiger partial charge in [-0.15, -0.1) is 0 Å². The molecule has 0 fully saturated rings. The first-order valence-electron chi connectivity index (χ1n) is 9.12. The maximum Gasteiger partial charge on any atom is 0.136 e. The lowest BCUT2D eigenvalue weighted by Gasteiger charge is -2.23. The van der Waals surface area contributed by atoms with Gasteiger partial charge in [0.15, 0.2) is 0 Å². The fraction of sp³-hybridized carbons (Fsp3) is 0.636. The van der Waals surface area contributed by atoms with Crippen molar-refractivity contribution >= 4 is 0 Å². The summed E-state index contributed by atoms with van der Waals surface area (Å²) in [6, 6.07) is 6.34. The molecule has 1 aromatic carbocycles. The van der Waals surface area contributed by atoms with Crippen LogP contribution >= 0.6 is 0 Å². The highest BCUT2D eigenvalue weighted by Gasteiger charge is 2.15. The van der Waals surface area contributed by atoms with E-state index in [-0.39, 0.29) is 11.2 Å². The first-order valence-corrected chi connectivity index (χ1v) is 9.12. The van der Waals surface area contributed by atoms with Gasteiger partial charge in [0.2, 0.25) is 0 Å². The topological polar surface area (TPSA) is 18.5 Å². The summed E-state index contributed by atoms with van der Waals surface area (Å²) < 4.78 is 11.6. The van der Waals surface area contributed by atoms with Crippen molar-refractivity contribution in [2.75, 3.05) is 0 Å². The molecule has 2 nitrogen and oxygen atoms in total. The Labute approximate surface area is 148 Å². The second-order valence-electron chi connectivity index (χ2n) is 8.30. The van der Waals surface area contributed by atoms with Crippen LogP contribution < -0.4 is 4.74 Å². The summed E-state index contributed by atoms with van der Waals surface area (Å²) in [5.74, 6) is 3.95. The lowest BCUT2D eigenvalue weighted by molar-refractivity contribution is 0.0962. The number of unbranched alkanes of at least 4 members (excludes halogenated alkanes) is 3. The number of hydrogen-bond donors (Lipinski definition) is 0. The van der Waals surface area contributed by atoms with Crippen molar-refractivity contribution < 1.29 is 9.47 Å². The number of ether oxygens (including phenoxy) is 2. The molecule has 134 valence electrons. The Morgan fingerprint density at radius 3 is 2.21 bits per heavy atom. The zero-order chi connectivity index (χ0) is 18.2. The maximum absolute atomic E-state index is 6.13. The van der Waals surface area contributed by atoms with Crippen LogP contribution in [-0.4, -0.2) is 11.2 Å². The third-order valence-electron chi connectivity index (χ3n) is 3.32.